The number of hydrogen-bond acceptors (Lipinski definition) is 3. The van der Waals surface area contributed by atoms with Crippen LogP contribution in [0.4, 0.5) is 0 Å². The van der Waals surface area contributed by atoms with E-state index in [1.165, 1.54) is 10.4 Å². The number of ether oxygens (including phenoxy) is 1. The fourth-order valence-corrected chi connectivity index (χ4v) is 4.45. The van der Waals surface area contributed by atoms with E-state index in [0.29, 0.717) is 0 Å². The monoisotopic (exact) mass is 401 g/mol. The number of nitrogens with two attached hydrogens (primary N) is 1. The van der Waals surface area contributed by atoms with Crippen LogP contribution in [-0.2, 0) is 0 Å². The normalized spacial score (nSPS) is 21.9. The van der Waals surface area contributed by atoms with Gasteiger partial charge in [0.1, 0.15) is 11.9 Å². The Morgan fingerprint density at radius 3 is 2.79 bits per heavy atom. The van der Waals surface area contributed by atoms with Gasteiger partial charge in [0.05, 0.1) is 3.79 Å². The van der Waals surface area contributed by atoms with Gasteiger partial charge in [-0.15, -0.1) is 11.3 Å². The Balaban J connectivity index is 1.94. The van der Waals surface area contributed by atoms with Crippen molar-refractivity contribution < 1.29 is 4.74 Å². The van der Waals surface area contributed by atoms with Crippen molar-refractivity contribution in [2.45, 2.75) is 25.5 Å². The van der Waals surface area contributed by atoms with Crippen molar-refractivity contribution in [2.75, 3.05) is 0 Å². The molecule has 0 bridgehead atoms. The maximum Gasteiger partial charge on any atom is 0.135 e. The van der Waals surface area contributed by atoms with Gasteiger partial charge in [-0.05, 0) is 50.9 Å². The first-order chi connectivity index (χ1) is 9.04. The number of hydrogen-bond donors (Lipinski definition) is 1. The van der Waals surface area contributed by atoms with Crippen LogP contribution in [0, 0.1) is 6.92 Å². The highest BCUT2D eigenvalue weighted by Gasteiger charge is 2.28. The molecular weight excluding hydrogens is 390 g/mol. The quantitative estimate of drug-likeness (QED) is 0.719. The number of benzene rings is 1. The molecule has 0 saturated heterocycles. The Morgan fingerprint density at radius 1 is 1.32 bits per heavy atom. The van der Waals surface area contributed by atoms with Crippen molar-refractivity contribution in [3.63, 3.8) is 0 Å². The zero-order chi connectivity index (χ0) is 13.6. The van der Waals surface area contributed by atoms with E-state index in [9.17, 15) is 0 Å². The third-order valence-electron chi connectivity index (χ3n) is 3.28. The predicted octanol–water partition coefficient (Wildman–Crippen LogP) is 5.11. The SMILES string of the molecule is Cc1ccc2c(c1)[C@H](N)CC(c1cc(Br)c(Br)s1)O2. The molecule has 2 heterocycles. The van der Waals surface area contributed by atoms with E-state index in [1.54, 1.807) is 11.3 Å². The summed E-state index contributed by atoms with van der Waals surface area (Å²) in [7, 11) is 0. The lowest BCUT2D eigenvalue weighted by Gasteiger charge is -2.30. The van der Waals surface area contributed by atoms with Gasteiger partial charge >= 0.3 is 0 Å². The Labute approximate surface area is 133 Å². The molecule has 0 spiro atoms. The van der Waals surface area contributed by atoms with Crippen molar-refractivity contribution in [2.24, 2.45) is 5.73 Å². The van der Waals surface area contributed by atoms with E-state index >= 15 is 0 Å². The van der Waals surface area contributed by atoms with E-state index < -0.39 is 0 Å². The Bertz CT molecular complexity index is 606. The fraction of sp³-hybridized carbons (Fsp3) is 0.286. The molecule has 0 fully saturated rings. The molecule has 0 saturated carbocycles. The lowest BCUT2D eigenvalue weighted by atomic mass is 9.95. The summed E-state index contributed by atoms with van der Waals surface area (Å²) in [4.78, 5) is 1.19. The molecule has 19 heavy (non-hydrogen) atoms. The maximum atomic E-state index is 6.29. The summed E-state index contributed by atoms with van der Waals surface area (Å²) in [6, 6.07) is 8.35. The Morgan fingerprint density at radius 2 is 2.11 bits per heavy atom. The number of halogens is 2. The van der Waals surface area contributed by atoms with E-state index in [-0.39, 0.29) is 12.1 Å². The van der Waals surface area contributed by atoms with E-state index in [4.69, 9.17) is 10.5 Å². The lowest BCUT2D eigenvalue weighted by molar-refractivity contribution is 0.165. The predicted molar refractivity (Wildman–Crippen MR) is 85.8 cm³/mol. The second kappa shape index (κ2) is 5.20. The Hall–Kier alpha value is -0.360. The highest BCUT2D eigenvalue weighted by atomic mass is 79.9. The van der Waals surface area contributed by atoms with E-state index in [2.05, 4.69) is 57.0 Å². The van der Waals surface area contributed by atoms with Crippen molar-refractivity contribution >= 4 is 43.2 Å². The molecule has 1 aromatic carbocycles. The summed E-state index contributed by atoms with van der Waals surface area (Å²) >= 11 is 8.73. The van der Waals surface area contributed by atoms with Crippen LogP contribution >= 0.6 is 43.2 Å². The molecule has 1 aliphatic heterocycles. The molecule has 2 N–H and O–H groups in total. The molecule has 1 aromatic heterocycles. The minimum Gasteiger partial charge on any atom is -0.484 e. The summed E-state index contributed by atoms with van der Waals surface area (Å²) in [5, 5.41) is 0. The van der Waals surface area contributed by atoms with Crippen LogP contribution in [0.15, 0.2) is 32.5 Å². The fourth-order valence-electron chi connectivity index (χ4n) is 2.32. The van der Waals surface area contributed by atoms with Gasteiger partial charge in [-0.3, -0.25) is 0 Å². The van der Waals surface area contributed by atoms with Gasteiger partial charge in [-0.25, -0.2) is 0 Å². The van der Waals surface area contributed by atoms with E-state index in [1.807, 2.05) is 6.07 Å². The van der Waals surface area contributed by atoms with Crippen LogP contribution in [-0.4, -0.2) is 0 Å². The highest BCUT2D eigenvalue weighted by molar-refractivity contribution is 9.13. The minimum absolute atomic E-state index is 0.0355. The molecule has 0 amide bonds. The standard InChI is InChI=1S/C14H13Br2NOS/c1-7-2-3-11-8(4-7)10(17)6-12(18-11)13-5-9(15)14(16)19-13/h2-5,10,12H,6,17H2,1H3/t10-,12?/m1/s1. The van der Waals surface area contributed by atoms with Gasteiger partial charge in [0.25, 0.3) is 0 Å². The molecule has 0 aliphatic carbocycles. The second-order valence-electron chi connectivity index (χ2n) is 4.76. The van der Waals surface area contributed by atoms with Crippen molar-refractivity contribution in [3.8, 4) is 5.75 Å². The smallest absolute Gasteiger partial charge is 0.135 e. The third-order valence-corrected chi connectivity index (χ3v) is 6.63. The van der Waals surface area contributed by atoms with Crippen LogP contribution in [0.2, 0.25) is 0 Å². The number of rotatable bonds is 1. The number of thiophene rings is 1. The second-order valence-corrected chi connectivity index (χ2v) is 8.02. The first-order valence-electron chi connectivity index (χ1n) is 6.02. The van der Waals surface area contributed by atoms with Crippen LogP contribution in [0.1, 0.15) is 34.6 Å². The van der Waals surface area contributed by atoms with Crippen LogP contribution in [0.3, 0.4) is 0 Å². The highest BCUT2D eigenvalue weighted by Crippen LogP contribution is 2.44. The van der Waals surface area contributed by atoms with Crippen molar-refractivity contribution in [3.05, 3.63) is 48.5 Å². The molecule has 2 atom stereocenters. The molecule has 1 unspecified atom stereocenters. The topological polar surface area (TPSA) is 35.2 Å². The van der Waals surface area contributed by atoms with Gasteiger partial charge in [0.2, 0.25) is 0 Å². The van der Waals surface area contributed by atoms with Crippen LogP contribution in [0.25, 0.3) is 0 Å². The van der Waals surface area contributed by atoms with Crippen molar-refractivity contribution in [1.29, 1.82) is 0 Å². The first kappa shape index (κ1) is 13.6. The summed E-state index contributed by atoms with van der Waals surface area (Å²) in [6.45, 7) is 2.08. The van der Waals surface area contributed by atoms with Crippen LogP contribution in [0.5, 0.6) is 5.75 Å². The number of aryl methyl sites for hydroxylation is 1. The molecule has 2 nitrogen and oxygen atoms in total. The summed E-state index contributed by atoms with van der Waals surface area (Å²) < 4.78 is 8.26. The maximum absolute atomic E-state index is 6.29. The van der Waals surface area contributed by atoms with Gasteiger partial charge in [0, 0.05) is 27.4 Å². The van der Waals surface area contributed by atoms with Gasteiger partial charge in [0.15, 0.2) is 0 Å². The molecule has 1 aliphatic rings. The zero-order valence-electron chi connectivity index (χ0n) is 10.3. The summed E-state index contributed by atoms with van der Waals surface area (Å²) in [6.07, 6.45) is 0.855. The third kappa shape index (κ3) is 2.61. The molecule has 2 aromatic rings. The molecular formula is C14H13Br2NOS. The zero-order valence-corrected chi connectivity index (χ0v) is 14.3. The largest absolute Gasteiger partial charge is 0.484 e. The average molecular weight is 403 g/mol. The minimum atomic E-state index is 0.0355. The molecule has 5 heteroatoms. The summed E-state index contributed by atoms with van der Waals surface area (Å²) in [5.74, 6) is 0.912. The molecule has 3 rings (SSSR count). The van der Waals surface area contributed by atoms with E-state index in [0.717, 1.165) is 26.0 Å². The molecule has 0 radical (unpaired) electrons. The van der Waals surface area contributed by atoms with Gasteiger partial charge in [-0.1, -0.05) is 17.7 Å². The van der Waals surface area contributed by atoms with Gasteiger partial charge in [-0.2, -0.15) is 0 Å². The number of fused-ring (bicyclic) bond motifs is 1. The molecule has 100 valence electrons. The summed E-state index contributed by atoms with van der Waals surface area (Å²) in [5.41, 5.74) is 8.63. The lowest BCUT2D eigenvalue weighted by Crippen LogP contribution is -2.23. The Kier molecular flexibility index (Phi) is 3.73. The van der Waals surface area contributed by atoms with Crippen LogP contribution < -0.4 is 10.5 Å². The van der Waals surface area contributed by atoms with Crippen molar-refractivity contribution in [1.82, 2.24) is 0 Å². The average Bonchev–Trinajstić information content (AvgIpc) is 2.70. The first-order valence-corrected chi connectivity index (χ1v) is 8.42. The van der Waals surface area contributed by atoms with Gasteiger partial charge < -0.3 is 10.5 Å².